The Balaban J connectivity index is 1.72. The molecule has 2 amide bonds. The summed E-state index contributed by atoms with van der Waals surface area (Å²) in [7, 11) is 1.56. The molecule has 19 heavy (non-hydrogen) atoms. The molecular weight excluding hydrogens is 248 g/mol. The number of hydrogen-bond acceptors (Lipinski definition) is 5. The van der Waals surface area contributed by atoms with Crippen molar-refractivity contribution in [2.24, 2.45) is 5.10 Å². The van der Waals surface area contributed by atoms with E-state index in [2.05, 4.69) is 20.5 Å². The van der Waals surface area contributed by atoms with Gasteiger partial charge in [0.15, 0.2) is 0 Å². The normalized spacial score (nSPS) is 15.3. The van der Waals surface area contributed by atoms with E-state index in [0.29, 0.717) is 31.6 Å². The molecule has 0 spiro atoms. The molecule has 8 nitrogen and oxygen atoms in total. The van der Waals surface area contributed by atoms with Crippen LogP contribution in [0.2, 0.25) is 0 Å². The summed E-state index contributed by atoms with van der Waals surface area (Å²) in [5.74, 6) is -0.277. The van der Waals surface area contributed by atoms with Gasteiger partial charge in [0.2, 0.25) is 5.91 Å². The van der Waals surface area contributed by atoms with E-state index in [0.717, 1.165) is 6.42 Å². The van der Waals surface area contributed by atoms with Crippen LogP contribution in [0.4, 0.5) is 0 Å². The molecule has 0 unspecified atom stereocenters. The van der Waals surface area contributed by atoms with Gasteiger partial charge in [0.05, 0.1) is 0 Å². The van der Waals surface area contributed by atoms with E-state index in [4.69, 9.17) is 0 Å². The number of nitrogens with zero attached hydrogens (tertiary/aromatic N) is 5. The van der Waals surface area contributed by atoms with E-state index in [-0.39, 0.29) is 11.8 Å². The molecule has 0 bridgehead atoms. The van der Waals surface area contributed by atoms with E-state index in [9.17, 15) is 9.59 Å². The Morgan fingerprint density at radius 1 is 1.47 bits per heavy atom. The summed E-state index contributed by atoms with van der Waals surface area (Å²) in [5.41, 5.74) is 0.405. The van der Waals surface area contributed by atoms with Crippen LogP contribution in [0.3, 0.4) is 0 Å². The molecule has 1 aliphatic heterocycles. The number of carbonyl (C=O) groups is 2. The highest BCUT2D eigenvalue weighted by Crippen LogP contribution is 2.06. The van der Waals surface area contributed by atoms with Gasteiger partial charge < -0.3 is 5.32 Å². The molecule has 1 aromatic heterocycles. The zero-order valence-electron chi connectivity index (χ0n) is 10.7. The molecule has 2 heterocycles. The van der Waals surface area contributed by atoms with Crippen LogP contribution in [-0.4, -0.2) is 50.9 Å². The number of hydrazone groups is 1. The van der Waals surface area contributed by atoms with Gasteiger partial charge in [-0.25, -0.2) is 9.99 Å². The van der Waals surface area contributed by atoms with Crippen LogP contribution >= 0.6 is 0 Å². The first-order valence-corrected chi connectivity index (χ1v) is 6.11. The van der Waals surface area contributed by atoms with Crippen molar-refractivity contribution < 1.29 is 9.59 Å². The topological polar surface area (TPSA) is 92.5 Å². The summed E-state index contributed by atoms with van der Waals surface area (Å²) in [6.07, 6.45) is 4.60. The van der Waals surface area contributed by atoms with E-state index in [1.165, 1.54) is 11.3 Å². The number of nitrogens with one attached hydrogen (secondary N) is 1. The molecule has 1 N–H and O–H groups in total. The maximum Gasteiger partial charge on any atom is 0.267 e. The molecule has 2 rings (SSSR count). The number of hydrogen-bond donors (Lipinski definition) is 1. The highest BCUT2D eigenvalue weighted by Gasteiger charge is 2.21. The average molecular weight is 264 g/mol. The third kappa shape index (κ3) is 3.60. The average Bonchev–Trinajstić information content (AvgIpc) is 2.91. The smallest absolute Gasteiger partial charge is 0.267 e. The Morgan fingerprint density at radius 2 is 2.32 bits per heavy atom. The molecular formula is C11H16N6O2. The fourth-order valence-electron chi connectivity index (χ4n) is 1.73. The lowest BCUT2D eigenvalue weighted by Gasteiger charge is -2.18. The standard InChI is InChI=1S/C11H16N6O2/c1-16-10(18)4-3-9(15-16)11(19)13-5-2-6-17-8-12-7-14-17/h7-8H,2-6H2,1H3,(H,13,19). The van der Waals surface area contributed by atoms with Crippen molar-refractivity contribution in [3.05, 3.63) is 12.7 Å². The van der Waals surface area contributed by atoms with Gasteiger partial charge in [-0.1, -0.05) is 0 Å². The highest BCUT2D eigenvalue weighted by atomic mass is 16.2. The zero-order chi connectivity index (χ0) is 13.7. The molecule has 0 atom stereocenters. The van der Waals surface area contributed by atoms with Crippen LogP contribution in [0.1, 0.15) is 19.3 Å². The predicted molar refractivity (Wildman–Crippen MR) is 67.1 cm³/mol. The Kier molecular flexibility index (Phi) is 4.22. The Labute approximate surface area is 110 Å². The van der Waals surface area contributed by atoms with Crippen molar-refractivity contribution in [1.82, 2.24) is 25.1 Å². The van der Waals surface area contributed by atoms with E-state index in [1.54, 1.807) is 18.1 Å². The van der Waals surface area contributed by atoms with Gasteiger partial charge in [-0.15, -0.1) is 0 Å². The third-order valence-corrected chi connectivity index (χ3v) is 2.79. The van der Waals surface area contributed by atoms with E-state index in [1.807, 2.05) is 0 Å². The lowest BCUT2D eigenvalue weighted by molar-refractivity contribution is -0.130. The molecule has 0 saturated carbocycles. The van der Waals surface area contributed by atoms with Gasteiger partial charge in [-0.3, -0.25) is 14.3 Å². The van der Waals surface area contributed by atoms with Crippen LogP contribution in [0.15, 0.2) is 17.8 Å². The first-order chi connectivity index (χ1) is 9.16. The van der Waals surface area contributed by atoms with Crippen molar-refractivity contribution >= 4 is 17.5 Å². The van der Waals surface area contributed by atoms with Crippen molar-refractivity contribution in [2.75, 3.05) is 13.6 Å². The maximum atomic E-state index is 11.8. The lowest BCUT2D eigenvalue weighted by atomic mass is 10.1. The molecule has 0 saturated heterocycles. The van der Waals surface area contributed by atoms with E-state index < -0.39 is 0 Å². The number of amides is 2. The summed E-state index contributed by atoms with van der Waals surface area (Å²) in [4.78, 5) is 26.9. The Morgan fingerprint density at radius 3 is 3.00 bits per heavy atom. The van der Waals surface area contributed by atoms with Crippen LogP contribution < -0.4 is 5.32 Å². The third-order valence-electron chi connectivity index (χ3n) is 2.79. The Hall–Kier alpha value is -2.25. The summed E-state index contributed by atoms with van der Waals surface area (Å²) >= 11 is 0. The fourth-order valence-corrected chi connectivity index (χ4v) is 1.73. The quantitative estimate of drug-likeness (QED) is 0.718. The zero-order valence-corrected chi connectivity index (χ0v) is 10.7. The Bertz CT molecular complexity index is 481. The van der Waals surface area contributed by atoms with Gasteiger partial charge in [0, 0.05) is 33.0 Å². The summed E-state index contributed by atoms with van der Waals surface area (Å²) < 4.78 is 1.71. The van der Waals surface area contributed by atoms with Gasteiger partial charge in [0.25, 0.3) is 5.91 Å². The number of aromatic nitrogens is 3. The molecule has 1 aromatic rings. The van der Waals surface area contributed by atoms with Crippen molar-refractivity contribution in [1.29, 1.82) is 0 Å². The second kappa shape index (κ2) is 6.07. The van der Waals surface area contributed by atoms with Crippen molar-refractivity contribution in [3.8, 4) is 0 Å². The molecule has 1 aliphatic rings. The monoisotopic (exact) mass is 264 g/mol. The lowest BCUT2D eigenvalue weighted by Crippen LogP contribution is -2.38. The van der Waals surface area contributed by atoms with Gasteiger partial charge >= 0.3 is 0 Å². The van der Waals surface area contributed by atoms with Gasteiger partial charge in [-0.05, 0) is 6.42 Å². The molecule has 102 valence electrons. The van der Waals surface area contributed by atoms with E-state index >= 15 is 0 Å². The number of aryl methyl sites for hydroxylation is 1. The predicted octanol–water partition coefficient (Wildman–Crippen LogP) is -0.607. The molecule has 0 radical (unpaired) electrons. The second-order valence-corrected chi connectivity index (χ2v) is 4.23. The summed E-state index contributed by atoms with van der Waals surface area (Å²) in [6.45, 7) is 1.24. The maximum absolute atomic E-state index is 11.8. The van der Waals surface area contributed by atoms with Crippen LogP contribution in [0.25, 0.3) is 0 Å². The second-order valence-electron chi connectivity index (χ2n) is 4.23. The first-order valence-electron chi connectivity index (χ1n) is 6.11. The molecule has 0 aromatic carbocycles. The van der Waals surface area contributed by atoms with Crippen LogP contribution in [0, 0.1) is 0 Å². The molecule has 8 heteroatoms. The highest BCUT2D eigenvalue weighted by molar-refractivity contribution is 6.39. The van der Waals surface area contributed by atoms with Crippen LogP contribution in [0.5, 0.6) is 0 Å². The SMILES string of the molecule is CN1N=C(C(=O)NCCCn2cncn2)CCC1=O. The minimum atomic E-state index is -0.210. The van der Waals surface area contributed by atoms with Crippen LogP contribution in [-0.2, 0) is 16.1 Å². The summed E-state index contributed by atoms with van der Waals surface area (Å²) in [5, 5.41) is 11.9. The minimum Gasteiger partial charge on any atom is -0.351 e. The van der Waals surface area contributed by atoms with Crippen molar-refractivity contribution in [3.63, 3.8) is 0 Å². The number of carbonyl (C=O) groups excluding carboxylic acids is 2. The fraction of sp³-hybridized carbons (Fsp3) is 0.545. The first kappa shape index (κ1) is 13.2. The van der Waals surface area contributed by atoms with Gasteiger partial charge in [0.1, 0.15) is 18.4 Å². The summed E-state index contributed by atoms with van der Waals surface area (Å²) in [6, 6.07) is 0. The molecule has 0 fully saturated rings. The van der Waals surface area contributed by atoms with Gasteiger partial charge in [-0.2, -0.15) is 10.2 Å². The largest absolute Gasteiger partial charge is 0.351 e. The van der Waals surface area contributed by atoms with Crippen molar-refractivity contribution in [2.45, 2.75) is 25.8 Å². The molecule has 0 aliphatic carbocycles. The minimum absolute atomic E-state index is 0.0669. The number of rotatable bonds is 5.